The Kier molecular flexibility index (Phi) is 8.21. The van der Waals surface area contributed by atoms with Gasteiger partial charge in [0.15, 0.2) is 5.76 Å². The number of halogens is 1. The van der Waals surface area contributed by atoms with E-state index >= 15 is 0 Å². The van der Waals surface area contributed by atoms with Crippen molar-refractivity contribution in [3.05, 3.63) is 94.9 Å². The Hall–Kier alpha value is -3.58. The molecule has 2 N–H and O–H groups in total. The van der Waals surface area contributed by atoms with Crippen LogP contribution in [-0.4, -0.2) is 35.2 Å². The molecule has 4 rings (SSSR count). The Labute approximate surface area is 209 Å². The molecular weight excluding hydrogens is 466 g/mol. The first-order valence-corrected chi connectivity index (χ1v) is 12.1. The lowest BCUT2D eigenvalue weighted by Crippen LogP contribution is -2.48. The van der Waals surface area contributed by atoms with Crippen LogP contribution < -0.4 is 10.6 Å². The van der Waals surface area contributed by atoms with Crippen LogP contribution in [0.2, 0.25) is 5.02 Å². The zero-order chi connectivity index (χ0) is 24.6. The molecule has 0 radical (unpaired) electrons. The minimum absolute atomic E-state index is 0.0876. The second-order valence-electron chi connectivity index (χ2n) is 8.61. The maximum Gasteiger partial charge on any atom is 0.287 e. The summed E-state index contributed by atoms with van der Waals surface area (Å²) in [6, 6.07) is 18.7. The summed E-state index contributed by atoms with van der Waals surface area (Å²) in [5.41, 5.74) is 1.51. The molecule has 1 saturated carbocycles. The Morgan fingerprint density at radius 2 is 1.69 bits per heavy atom. The second kappa shape index (κ2) is 11.7. The molecule has 1 heterocycles. The van der Waals surface area contributed by atoms with Crippen LogP contribution in [0, 0.1) is 0 Å². The van der Waals surface area contributed by atoms with Gasteiger partial charge in [-0.1, -0.05) is 66.9 Å². The number of benzene rings is 2. The quantitative estimate of drug-likeness (QED) is 0.459. The van der Waals surface area contributed by atoms with Gasteiger partial charge < -0.3 is 20.0 Å². The maximum absolute atomic E-state index is 13.6. The number of amides is 3. The summed E-state index contributed by atoms with van der Waals surface area (Å²) >= 11 is 6.10. The van der Waals surface area contributed by atoms with E-state index < -0.39 is 17.9 Å². The van der Waals surface area contributed by atoms with Crippen molar-refractivity contribution in [2.75, 3.05) is 6.54 Å². The highest BCUT2D eigenvalue weighted by Crippen LogP contribution is 2.27. The molecule has 35 heavy (non-hydrogen) atoms. The van der Waals surface area contributed by atoms with E-state index in [0.717, 1.165) is 31.2 Å². The molecule has 3 amide bonds. The van der Waals surface area contributed by atoms with Gasteiger partial charge in [-0.05, 0) is 48.2 Å². The molecule has 0 spiro atoms. The average molecular weight is 494 g/mol. The third kappa shape index (κ3) is 6.51. The number of nitrogens with zero attached hydrogens (tertiary/aromatic N) is 1. The van der Waals surface area contributed by atoms with E-state index in [2.05, 4.69) is 10.6 Å². The lowest BCUT2D eigenvalue weighted by atomic mass is 10.0. The second-order valence-corrected chi connectivity index (χ2v) is 9.05. The number of carbonyl (C=O) groups excluding carboxylic acids is 3. The largest absolute Gasteiger partial charge is 0.459 e. The van der Waals surface area contributed by atoms with E-state index in [0.29, 0.717) is 10.6 Å². The third-order valence-corrected chi connectivity index (χ3v) is 6.36. The monoisotopic (exact) mass is 493 g/mol. The number of hydrogen-bond donors (Lipinski definition) is 2. The lowest BCUT2D eigenvalue weighted by molar-refractivity contribution is -0.141. The minimum atomic E-state index is -0.888. The first kappa shape index (κ1) is 24.5. The van der Waals surface area contributed by atoms with Gasteiger partial charge >= 0.3 is 0 Å². The van der Waals surface area contributed by atoms with Crippen LogP contribution in [0.1, 0.15) is 53.4 Å². The van der Waals surface area contributed by atoms with Gasteiger partial charge in [0.1, 0.15) is 6.04 Å². The zero-order valence-electron chi connectivity index (χ0n) is 19.3. The summed E-state index contributed by atoms with van der Waals surface area (Å²) in [6.45, 7) is -0.0885. The van der Waals surface area contributed by atoms with Gasteiger partial charge in [-0.15, -0.1) is 0 Å². The van der Waals surface area contributed by atoms with Gasteiger partial charge in [0.2, 0.25) is 11.8 Å². The summed E-state index contributed by atoms with van der Waals surface area (Å²) in [5, 5.41) is 6.27. The highest BCUT2D eigenvalue weighted by molar-refractivity contribution is 6.30. The summed E-state index contributed by atoms with van der Waals surface area (Å²) < 4.78 is 5.11. The molecule has 7 nitrogen and oxygen atoms in total. The van der Waals surface area contributed by atoms with E-state index in [-0.39, 0.29) is 30.8 Å². The molecule has 8 heteroatoms. The summed E-state index contributed by atoms with van der Waals surface area (Å²) in [4.78, 5) is 41.0. The van der Waals surface area contributed by atoms with Crippen molar-refractivity contribution < 1.29 is 18.8 Å². The van der Waals surface area contributed by atoms with Crippen LogP contribution in [0.3, 0.4) is 0 Å². The Bertz CT molecular complexity index is 1130. The third-order valence-electron chi connectivity index (χ3n) is 6.11. The van der Waals surface area contributed by atoms with Gasteiger partial charge in [-0.2, -0.15) is 0 Å². The maximum atomic E-state index is 13.6. The van der Waals surface area contributed by atoms with Crippen LogP contribution in [0.15, 0.2) is 77.4 Å². The highest BCUT2D eigenvalue weighted by atomic mass is 35.5. The molecule has 1 atom stereocenters. The molecule has 1 aliphatic rings. The van der Waals surface area contributed by atoms with Crippen molar-refractivity contribution in [1.82, 2.24) is 15.5 Å². The number of carbonyl (C=O) groups is 3. The van der Waals surface area contributed by atoms with Crippen LogP contribution >= 0.6 is 11.6 Å². The van der Waals surface area contributed by atoms with E-state index in [1.807, 2.05) is 30.3 Å². The fraction of sp³-hybridized carbons (Fsp3) is 0.296. The fourth-order valence-corrected chi connectivity index (χ4v) is 4.45. The van der Waals surface area contributed by atoms with Crippen molar-refractivity contribution in [3.63, 3.8) is 0 Å². The number of furan rings is 1. The van der Waals surface area contributed by atoms with Gasteiger partial charge in [-0.25, -0.2) is 0 Å². The molecule has 1 aliphatic carbocycles. The normalized spacial score (nSPS) is 14.3. The van der Waals surface area contributed by atoms with Crippen molar-refractivity contribution in [2.45, 2.75) is 44.3 Å². The first-order valence-electron chi connectivity index (χ1n) is 11.7. The lowest BCUT2D eigenvalue weighted by Gasteiger charge is -2.32. The van der Waals surface area contributed by atoms with Crippen LogP contribution in [0.25, 0.3) is 0 Å². The van der Waals surface area contributed by atoms with Gasteiger partial charge in [-0.3, -0.25) is 14.4 Å². The van der Waals surface area contributed by atoms with Gasteiger partial charge in [0.25, 0.3) is 5.91 Å². The Morgan fingerprint density at radius 1 is 0.971 bits per heavy atom. The number of nitrogens with one attached hydrogen (secondary N) is 2. The average Bonchev–Trinajstić information content (AvgIpc) is 3.58. The van der Waals surface area contributed by atoms with Crippen molar-refractivity contribution >= 4 is 29.3 Å². The van der Waals surface area contributed by atoms with Crippen LogP contribution in [0.5, 0.6) is 0 Å². The molecule has 1 aromatic heterocycles. The van der Waals surface area contributed by atoms with Gasteiger partial charge in [0.05, 0.1) is 12.8 Å². The molecule has 0 aliphatic heterocycles. The molecule has 2 aromatic carbocycles. The first-order chi connectivity index (χ1) is 17.0. The molecular formula is C27H28ClN3O4. The molecule has 182 valence electrons. The number of hydrogen-bond acceptors (Lipinski definition) is 4. The highest BCUT2D eigenvalue weighted by Gasteiger charge is 2.33. The molecule has 0 bridgehead atoms. The SMILES string of the molecule is O=C(NCC(=O)N(Cc1ccccc1)[C@@H](C(=O)NC1CCCC1)c1ccc(Cl)cc1)c1ccco1. The molecule has 1 fully saturated rings. The van der Waals surface area contributed by atoms with Crippen molar-refractivity contribution in [2.24, 2.45) is 0 Å². The van der Waals surface area contributed by atoms with Crippen molar-refractivity contribution in [1.29, 1.82) is 0 Å². The Balaban J connectivity index is 1.62. The standard InChI is InChI=1S/C27H28ClN3O4/c28-21-14-12-20(13-15-21)25(27(34)30-22-9-4-5-10-22)31(18-19-7-2-1-3-8-19)24(32)17-29-26(33)23-11-6-16-35-23/h1-3,6-8,11-16,22,25H,4-5,9-10,17-18H2,(H,29,33)(H,30,34)/t25-/m1/s1. The fourth-order valence-electron chi connectivity index (χ4n) is 4.32. The number of rotatable bonds is 9. The molecule has 0 saturated heterocycles. The van der Waals surface area contributed by atoms with E-state index in [1.54, 1.807) is 30.3 Å². The van der Waals surface area contributed by atoms with Gasteiger partial charge in [0, 0.05) is 17.6 Å². The molecule has 3 aromatic rings. The van der Waals surface area contributed by atoms with E-state index in [1.165, 1.54) is 17.2 Å². The predicted octanol–water partition coefficient (Wildman–Crippen LogP) is 4.49. The van der Waals surface area contributed by atoms with Crippen molar-refractivity contribution in [3.8, 4) is 0 Å². The summed E-state index contributed by atoms with van der Waals surface area (Å²) in [5.74, 6) is -1.03. The smallest absolute Gasteiger partial charge is 0.287 e. The Morgan fingerprint density at radius 3 is 2.34 bits per heavy atom. The minimum Gasteiger partial charge on any atom is -0.459 e. The summed E-state index contributed by atoms with van der Waals surface area (Å²) in [7, 11) is 0. The van der Waals surface area contributed by atoms with E-state index in [9.17, 15) is 14.4 Å². The zero-order valence-corrected chi connectivity index (χ0v) is 20.0. The summed E-state index contributed by atoms with van der Waals surface area (Å²) in [6.07, 6.45) is 5.38. The topological polar surface area (TPSA) is 91.7 Å². The molecule has 0 unspecified atom stereocenters. The van der Waals surface area contributed by atoms with Crippen LogP contribution in [0.4, 0.5) is 0 Å². The predicted molar refractivity (Wildman–Crippen MR) is 133 cm³/mol. The van der Waals surface area contributed by atoms with Crippen LogP contribution in [-0.2, 0) is 16.1 Å². The van der Waals surface area contributed by atoms with E-state index in [4.69, 9.17) is 16.0 Å².